The number of rotatable bonds is 9. The van der Waals surface area contributed by atoms with Gasteiger partial charge in [-0.2, -0.15) is 8.42 Å². The lowest BCUT2D eigenvalue weighted by Gasteiger charge is -2.18. The van der Waals surface area contributed by atoms with E-state index in [9.17, 15) is 32.8 Å². The fraction of sp³-hybridized carbons (Fsp3) is 0.200. The molecule has 0 aliphatic heterocycles. The molecule has 0 saturated heterocycles. The Labute approximate surface area is 194 Å². The van der Waals surface area contributed by atoms with E-state index in [1.165, 1.54) is 30.3 Å². The molecule has 3 aromatic rings. The molecule has 0 spiro atoms. The minimum absolute atomic E-state index is 0.00321. The maximum absolute atomic E-state index is 13.3. The van der Waals surface area contributed by atoms with E-state index in [-0.39, 0.29) is 46.2 Å². The van der Waals surface area contributed by atoms with Crippen LogP contribution in [0, 0.1) is 10.1 Å². The van der Waals surface area contributed by atoms with Crippen LogP contribution < -0.4 is 5.30 Å². The van der Waals surface area contributed by atoms with E-state index >= 15 is 0 Å². The van der Waals surface area contributed by atoms with Gasteiger partial charge in [0, 0.05) is 17.5 Å². The van der Waals surface area contributed by atoms with Gasteiger partial charge in [0.15, 0.2) is 0 Å². The Balaban J connectivity index is 2.18. The molecule has 0 amide bonds. The van der Waals surface area contributed by atoms with Crippen LogP contribution in [-0.4, -0.2) is 36.2 Å². The van der Waals surface area contributed by atoms with Crippen molar-refractivity contribution in [3.05, 3.63) is 58.6 Å². The summed E-state index contributed by atoms with van der Waals surface area (Å²) >= 11 is 0. The summed E-state index contributed by atoms with van der Waals surface area (Å²) in [5.41, 5.74) is -0.465. The Kier molecular flexibility index (Phi) is 7.44. The number of fused-ring (bicyclic) bond motifs is 1. The Hall–Kier alpha value is -3.22. The summed E-state index contributed by atoms with van der Waals surface area (Å²) in [6.07, 6.45) is 0. The first-order valence-corrected chi connectivity index (χ1v) is 12.8. The van der Waals surface area contributed by atoms with Gasteiger partial charge in [0.2, 0.25) is 0 Å². The molecule has 180 valence electrons. The second kappa shape index (κ2) is 9.95. The highest BCUT2D eigenvalue weighted by Gasteiger charge is 2.32. The SMILES string of the molecule is CCOP(=O)(OCC)c1cc([N+](=O)[O-])ccc1N=Nc1c(O)ccc2cc(S(=O)(=O)O)ccc12. The minimum Gasteiger partial charge on any atom is -0.506 e. The lowest BCUT2D eigenvalue weighted by molar-refractivity contribution is -0.384. The molecule has 0 saturated carbocycles. The maximum atomic E-state index is 13.3. The highest BCUT2D eigenvalue weighted by atomic mass is 32.2. The van der Waals surface area contributed by atoms with Crippen molar-refractivity contribution >= 4 is 50.9 Å². The number of benzene rings is 3. The van der Waals surface area contributed by atoms with Crippen molar-refractivity contribution in [2.24, 2.45) is 10.2 Å². The Morgan fingerprint density at radius 1 is 1.03 bits per heavy atom. The average Bonchev–Trinajstić information content (AvgIpc) is 2.77. The van der Waals surface area contributed by atoms with Gasteiger partial charge in [-0.15, -0.1) is 10.2 Å². The third-order valence-electron chi connectivity index (χ3n) is 4.56. The molecule has 0 aliphatic rings. The van der Waals surface area contributed by atoms with E-state index in [0.29, 0.717) is 10.8 Å². The number of non-ortho nitro benzene ring substituents is 1. The van der Waals surface area contributed by atoms with Crippen LogP contribution in [-0.2, 0) is 23.7 Å². The van der Waals surface area contributed by atoms with Crippen LogP contribution >= 0.6 is 7.60 Å². The molecule has 0 unspecified atom stereocenters. The van der Waals surface area contributed by atoms with Crippen LogP contribution in [0.5, 0.6) is 5.75 Å². The monoisotopic (exact) mass is 509 g/mol. The summed E-state index contributed by atoms with van der Waals surface area (Å²) in [6, 6.07) is 9.73. The highest BCUT2D eigenvalue weighted by Crippen LogP contribution is 2.50. The van der Waals surface area contributed by atoms with Crippen LogP contribution in [0.2, 0.25) is 0 Å². The Morgan fingerprint density at radius 3 is 2.29 bits per heavy atom. The van der Waals surface area contributed by atoms with Crippen LogP contribution in [0.25, 0.3) is 10.8 Å². The van der Waals surface area contributed by atoms with Gasteiger partial charge in [0.1, 0.15) is 17.1 Å². The molecular formula is C20H20N3O9PS. The van der Waals surface area contributed by atoms with Gasteiger partial charge >= 0.3 is 7.60 Å². The molecule has 3 rings (SSSR count). The molecule has 0 heterocycles. The van der Waals surface area contributed by atoms with Gasteiger partial charge in [0.05, 0.1) is 28.3 Å². The normalized spacial score (nSPS) is 12.4. The first-order valence-electron chi connectivity index (χ1n) is 9.83. The number of hydrogen-bond acceptors (Lipinski definition) is 10. The summed E-state index contributed by atoms with van der Waals surface area (Å²) < 4.78 is 56.0. The summed E-state index contributed by atoms with van der Waals surface area (Å²) in [5.74, 6) is -0.294. The van der Waals surface area contributed by atoms with Crippen LogP contribution in [0.4, 0.5) is 17.1 Å². The summed E-state index contributed by atoms with van der Waals surface area (Å²) in [6.45, 7) is 3.16. The lowest BCUT2D eigenvalue weighted by Crippen LogP contribution is -2.12. The fourth-order valence-electron chi connectivity index (χ4n) is 3.09. The number of hydrogen-bond donors (Lipinski definition) is 2. The largest absolute Gasteiger partial charge is 0.506 e. The highest BCUT2D eigenvalue weighted by molar-refractivity contribution is 7.85. The quantitative estimate of drug-likeness (QED) is 0.132. The first kappa shape index (κ1) is 25.4. The zero-order chi connectivity index (χ0) is 25.1. The predicted molar refractivity (Wildman–Crippen MR) is 123 cm³/mol. The second-order valence-corrected chi connectivity index (χ2v) is 10.2. The molecule has 0 aliphatic carbocycles. The Bertz CT molecular complexity index is 1430. The maximum Gasteiger partial charge on any atom is 0.363 e. The van der Waals surface area contributed by atoms with Gasteiger partial charge in [-0.3, -0.25) is 19.2 Å². The smallest absolute Gasteiger partial charge is 0.363 e. The number of nitro benzene ring substituents is 1. The fourth-order valence-corrected chi connectivity index (χ4v) is 5.33. The second-order valence-electron chi connectivity index (χ2n) is 6.75. The molecule has 0 aromatic heterocycles. The van der Waals surface area contributed by atoms with E-state index in [1.807, 2.05) is 0 Å². The molecule has 2 N–H and O–H groups in total. The van der Waals surface area contributed by atoms with Gasteiger partial charge in [0.25, 0.3) is 15.8 Å². The van der Waals surface area contributed by atoms with Crippen molar-refractivity contribution in [1.29, 1.82) is 0 Å². The van der Waals surface area contributed by atoms with E-state index in [4.69, 9.17) is 9.05 Å². The summed E-state index contributed by atoms with van der Waals surface area (Å²) in [4.78, 5) is 10.2. The first-order chi connectivity index (χ1) is 16.0. The standard InChI is InChI=1S/C20H20N3O9PS/c1-3-31-33(27,32-4-2)19-12-14(23(25)26)6-9-17(19)21-22-20-16-8-7-15(34(28,29)30)11-13(16)5-10-18(20)24/h5-12,24H,3-4H2,1-2H3,(H,28,29,30). The molecule has 0 bridgehead atoms. The van der Waals surface area contributed by atoms with Crippen molar-refractivity contribution in [3.63, 3.8) is 0 Å². The molecule has 34 heavy (non-hydrogen) atoms. The van der Waals surface area contributed by atoms with Crippen molar-refractivity contribution < 1.29 is 36.6 Å². The number of phenols is 1. The van der Waals surface area contributed by atoms with E-state index in [0.717, 1.165) is 18.2 Å². The number of nitrogens with zero attached hydrogens (tertiary/aromatic N) is 3. The van der Waals surface area contributed by atoms with E-state index in [1.54, 1.807) is 13.8 Å². The van der Waals surface area contributed by atoms with Crippen molar-refractivity contribution in [3.8, 4) is 5.75 Å². The van der Waals surface area contributed by atoms with E-state index in [2.05, 4.69) is 10.2 Å². The average molecular weight is 509 g/mol. The number of nitro groups is 1. The molecule has 3 aromatic carbocycles. The predicted octanol–water partition coefficient (Wildman–Crippen LogP) is 5.01. The zero-order valence-corrected chi connectivity index (χ0v) is 19.7. The minimum atomic E-state index is -4.45. The molecule has 0 fully saturated rings. The lowest BCUT2D eigenvalue weighted by atomic mass is 10.1. The van der Waals surface area contributed by atoms with Gasteiger partial charge < -0.3 is 14.2 Å². The van der Waals surface area contributed by atoms with Gasteiger partial charge in [-0.1, -0.05) is 12.1 Å². The van der Waals surface area contributed by atoms with Crippen LogP contribution in [0.3, 0.4) is 0 Å². The summed E-state index contributed by atoms with van der Waals surface area (Å²) in [7, 11) is -8.44. The van der Waals surface area contributed by atoms with Crippen LogP contribution in [0.15, 0.2) is 63.7 Å². The Morgan fingerprint density at radius 2 is 1.71 bits per heavy atom. The topological polar surface area (TPSA) is 178 Å². The third kappa shape index (κ3) is 5.29. The summed E-state index contributed by atoms with van der Waals surface area (Å²) in [5, 5.41) is 30.1. The number of azo groups is 1. The van der Waals surface area contributed by atoms with Crippen molar-refractivity contribution in [1.82, 2.24) is 0 Å². The molecular weight excluding hydrogens is 489 g/mol. The molecule has 0 radical (unpaired) electrons. The van der Waals surface area contributed by atoms with Crippen molar-refractivity contribution in [2.75, 3.05) is 13.2 Å². The number of phenolic OH excluding ortho intramolecular Hbond substituents is 1. The van der Waals surface area contributed by atoms with E-state index < -0.39 is 22.6 Å². The molecule has 12 nitrogen and oxygen atoms in total. The van der Waals surface area contributed by atoms with Crippen molar-refractivity contribution in [2.45, 2.75) is 18.7 Å². The van der Waals surface area contributed by atoms with Gasteiger partial charge in [-0.25, -0.2) is 0 Å². The van der Waals surface area contributed by atoms with Gasteiger partial charge in [-0.05, 0) is 43.5 Å². The number of aromatic hydroxyl groups is 1. The third-order valence-corrected chi connectivity index (χ3v) is 7.55. The molecule has 14 heteroatoms. The zero-order valence-electron chi connectivity index (χ0n) is 18.0. The van der Waals surface area contributed by atoms with Crippen LogP contribution in [0.1, 0.15) is 13.8 Å². The molecule has 0 atom stereocenters.